The molecular formula is C27H29N7O2. The van der Waals surface area contributed by atoms with Crippen molar-refractivity contribution in [1.29, 1.82) is 0 Å². The van der Waals surface area contributed by atoms with Crippen LogP contribution in [0.1, 0.15) is 20.8 Å². The molecule has 0 atom stereocenters. The lowest BCUT2D eigenvalue weighted by Gasteiger charge is -2.36. The van der Waals surface area contributed by atoms with Crippen LogP contribution >= 0.6 is 0 Å². The number of carbonyl (C=O) groups is 1. The molecule has 0 radical (unpaired) electrons. The minimum absolute atomic E-state index is 0.271. The lowest BCUT2D eigenvalue weighted by Crippen LogP contribution is -2.50. The zero-order valence-corrected chi connectivity index (χ0v) is 20.7. The van der Waals surface area contributed by atoms with Crippen molar-refractivity contribution in [1.82, 2.24) is 24.8 Å². The van der Waals surface area contributed by atoms with E-state index < -0.39 is 5.60 Å². The first-order chi connectivity index (χ1) is 17.4. The largest absolute Gasteiger partial charge is 0.444 e. The van der Waals surface area contributed by atoms with Crippen molar-refractivity contribution in [2.24, 2.45) is 0 Å². The van der Waals surface area contributed by atoms with Gasteiger partial charge in [0.25, 0.3) is 0 Å². The Hall–Kier alpha value is -4.27. The first kappa shape index (κ1) is 23.5. The molecule has 1 aliphatic rings. The summed E-state index contributed by atoms with van der Waals surface area (Å²) in [5, 5.41) is 5.40. The van der Waals surface area contributed by atoms with E-state index in [4.69, 9.17) is 9.72 Å². The van der Waals surface area contributed by atoms with Crippen molar-refractivity contribution in [2.45, 2.75) is 26.4 Å². The van der Waals surface area contributed by atoms with Gasteiger partial charge in [-0.25, -0.2) is 24.7 Å². The number of piperazine rings is 1. The van der Waals surface area contributed by atoms with Gasteiger partial charge in [0.15, 0.2) is 0 Å². The van der Waals surface area contributed by atoms with Crippen LogP contribution in [0.25, 0.3) is 22.0 Å². The van der Waals surface area contributed by atoms with Gasteiger partial charge in [-0.05, 0) is 50.4 Å². The Kier molecular flexibility index (Phi) is 6.37. The van der Waals surface area contributed by atoms with Crippen LogP contribution in [0.2, 0.25) is 0 Å². The summed E-state index contributed by atoms with van der Waals surface area (Å²) in [5.74, 6) is 2.24. The molecular weight excluding hydrogens is 454 g/mol. The molecule has 0 saturated carbocycles. The van der Waals surface area contributed by atoms with Crippen molar-refractivity contribution in [3.05, 3.63) is 67.3 Å². The predicted molar refractivity (Wildman–Crippen MR) is 140 cm³/mol. The number of aromatic nitrogens is 4. The normalized spacial score (nSPS) is 14.1. The average molecular weight is 484 g/mol. The Morgan fingerprint density at radius 1 is 0.944 bits per heavy atom. The summed E-state index contributed by atoms with van der Waals surface area (Å²) in [6, 6.07) is 16.0. The van der Waals surface area contributed by atoms with Crippen molar-refractivity contribution in [2.75, 3.05) is 36.4 Å². The van der Waals surface area contributed by atoms with Gasteiger partial charge in [0, 0.05) is 49.5 Å². The Morgan fingerprint density at radius 2 is 1.75 bits per heavy atom. The molecule has 1 N–H and O–H groups in total. The van der Waals surface area contributed by atoms with Crippen LogP contribution in [-0.4, -0.2) is 62.7 Å². The fourth-order valence-electron chi connectivity index (χ4n) is 4.16. The van der Waals surface area contributed by atoms with Gasteiger partial charge in [-0.1, -0.05) is 24.3 Å². The van der Waals surface area contributed by atoms with Gasteiger partial charge in [-0.3, -0.25) is 0 Å². The van der Waals surface area contributed by atoms with Gasteiger partial charge in [0.05, 0.1) is 5.69 Å². The topological polar surface area (TPSA) is 96.4 Å². The zero-order valence-electron chi connectivity index (χ0n) is 20.7. The minimum Gasteiger partial charge on any atom is -0.444 e. The van der Waals surface area contributed by atoms with Crippen LogP contribution in [-0.2, 0) is 4.74 Å². The van der Waals surface area contributed by atoms with Gasteiger partial charge >= 0.3 is 6.09 Å². The fraction of sp³-hybridized carbons (Fsp3) is 0.296. The molecule has 0 bridgehead atoms. The molecule has 36 heavy (non-hydrogen) atoms. The molecule has 1 saturated heterocycles. The number of carbonyl (C=O) groups excluding carboxylic acids is 1. The van der Waals surface area contributed by atoms with Crippen LogP contribution in [0.15, 0.2) is 67.3 Å². The minimum atomic E-state index is -0.503. The summed E-state index contributed by atoms with van der Waals surface area (Å²) < 4.78 is 5.52. The quantitative estimate of drug-likeness (QED) is 0.438. The van der Waals surface area contributed by atoms with E-state index in [0.717, 1.165) is 27.8 Å². The summed E-state index contributed by atoms with van der Waals surface area (Å²) in [5.41, 5.74) is 1.33. The Labute approximate surface area is 210 Å². The van der Waals surface area contributed by atoms with Crippen LogP contribution < -0.4 is 10.2 Å². The first-order valence-corrected chi connectivity index (χ1v) is 12.0. The van der Waals surface area contributed by atoms with Gasteiger partial charge in [-0.15, -0.1) is 0 Å². The predicted octanol–water partition coefficient (Wildman–Crippen LogP) is 4.89. The van der Waals surface area contributed by atoms with E-state index in [9.17, 15) is 4.79 Å². The Bertz CT molecular complexity index is 1360. The van der Waals surface area contributed by atoms with E-state index >= 15 is 0 Å². The maximum atomic E-state index is 12.4. The molecule has 9 nitrogen and oxygen atoms in total. The SMILES string of the molecule is CC(C)(C)OC(=O)N1CCN(c2cc(-c3nc(Nc4ccncn4)cc4ccccc34)ccn2)CC1. The Morgan fingerprint density at radius 3 is 2.50 bits per heavy atom. The third-order valence-electron chi connectivity index (χ3n) is 5.85. The highest BCUT2D eigenvalue weighted by Gasteiger charge is 2.26. The lowest BCUT2D eigenvalue weighted by molar-refractivity contribution is 0.0240. The second-order valence-electron chi connectivity index (χ2n) is 9.65. The average Bonchev–Trinajstić information content (AvgIpc) is 2.88. The van der Waals surface area contributed by atoms with Crippen molar-refractivity contribution >= 4 is 34.3 Å². The van der Waals surface area contributed by atoms with Gasteiger partial charge < -0.3 is 19.9 Å². The number of hydrogen-bond acceptors (Lipinski definition) is 8. The summed E-state index contributed by atoms with van der Waals surface area (Å²) in [4.78, 5) is 34.2. The van der Waals surface area contributed by atoms with Crippen molar-refractivity contribution < 1.29 is 9.53 Å². The molecule has 4 aromatic rings. The van der Waals surface area contributed by atoms with Gasteiger partial charge in [0.1, 0.15) is 29.4 Å². The standard InChI is InChI=1S/C27H29N7O2/c1-27(2,3)36-26(35)34-14-12-33(13-15-34)24-17-20(8-11-29-24)25-21-7-5-4-6-19(21)16-23(32-25)31-22-9-10-28-18-30-22/h4-11,16-18H,12-15H2,1-3H3,(H,28,30,31,32). The third kappa shape index (κ3) is 5.35. The second kappa shape index (κ2) is 9.77. The molecule has 0 spiro atoms. The van der Waals surface area contributed by atoms with E-state index in [1.54, 1.807) is 17.2 Å². The van der Waals surface area contributed by atoms with E-state index in [-0.39, 0.29) is 6.09 Å². The molecule has 5 rings (SSSR count). The molecule has 184 valence electrons. The monoisotopic (exact) mass is 483 g/mol. The number of anilines is 3. The molecule has 1 aromatic carbocycles. The van der Waals surface area contributed by atoms with E-state index in [0.29, 0.717) is 37.8 Å². The molecule has 1 aliphatic heterocycles. The number of fused-ring (bicyclic) bond motifs is 1. The number of hydrogen-bond donors (Lipinski definition) is 1. The van der Waals surface area contributed by atoms with E-state index in [1.807, 2.05) is 51.2 Å². The third-order valence-corrected chi connectivity index (χ3v) is 5.85. The molecule has 1 amide bonds. The van der Waals surface area contributed by atoms with E-state index in [1.165, 1.54) is 6.33 Å². The van der Waals surface area contributed by atoms with Crippen molar-refractivity contribution in [3.63, 3.8) is 0 Å². The van der Waals surface area contributed by atoms with Crippen LogP contribution in [0.5, 0.6) is 0 Å². The molecule has 0 unspecified atom stereocenters. The Balaban J connectivity index is 1.40. The highest BCUT2D eigenvalue weighted by Crippen LogP contribution is 2.31. The van der Waals surface area contributed by atoms with Crippen LogP contribution in [0.3, 0.4) is 0 Å². The molecule has 9 heteroatoms. The van der Waals surface area contributed by atoms with Gasteiger partial charge in [-0.2, -0.15) is 0 Å². The summed E-state index contributed by atoms with van der Waals surface area (Å²) in [6.07, 6.45) is 4.73. The second-order valence-corrected chi connectivity index (χ2v) is 9.65. The number of benzene rings is 1. The summed E-state index contributed by atoms with van der Waals surface area (Å²) in [7, 11) is 0. The lowest BCUT2D eigenvalue weighted by atomic mass is 10.0. The summed E-state index contributed by atoms with van der Waals surface area (Å²) >= 11 is 0. The number of amides is 1. The molecule has 4 heterocycles. The number of pyridine rings is 2. The van der Waals surface area contributed by atoms with E-state index in [2.05, 4.69) is 43.4 Å². The molecule has 3 aromatic heterocycles. The fourth-order valence-corrected chi connectivity index (χ4v) is 4.16. The zero-order chi connectivity index (χ0) is 25.1. The van der Waals surface area contributed by atoms with Crippen LogP contribution in [0, 0.1) is 0 Å². The van der Waals surface area contributed by atoms with Gasteiger partial charge in [0.2, 0.25) is 0 Å². The maximum Gasteiger partial charge on any atom is 0.410 e. The number of nitrogens with zero attached hydrogens (tertiary/aromatic N) is 6. The number of nitrogens with one attached hydrogen (secondary N) is 1. The number of rotatable bonds is 4. The highest BCUT2D eigenvalue weighted by molar-refractivity contribution is 5.96. The smallest absolute Gasteiger partial charge is 0.410 e. The first-order valence-electron chi connectivity index (χ1n) is 12.0. The maximum absolute atomic E-state index is 12.4. The molecule has 1 fully saturated rings. The van der Waals surface area contributed by atoms with Crippen molar-refractivity contribution in [3.8, 4) is 11.3 Å². The number of ether oxygens (including phenoxy) is 1. The highest BCUT2D eigenvalue weighted by atomic mass is 16.6. The van der Waals surface area contributed by atoms with Crippen LogP contribution in [0.4, 0.5) is 22.2 Å². The summed E-state index contributed by atoms with van der Waals surface area (Å²) in [6.45, 7) is 8.17. The molecule has 0 aliphatic carbocycles.